The SMILES string of the molecule is COC(=O)CC1(C#N)C=CC(OC)=CC1. The number of allylic oxidation sites excluding steroid dienone is 3. The zero-order chi connectivity index (χ0) is 11.3. The number of carbonyl (C=O) groups is 1. The molecule has 0 bridgehead atoms. The highest BCUT2D eigenvalue weighted by Crippen LogP contribution is 2.33. The standard InChI is InChI=1S/C11H13NO3/c1-14-9-3-5-11(8-12,6-4-9)7-10(13)15-2/h3-5H,6-7H2,1-2H3. The van der Waals surface area contributed by atoms with Crippen molar-refractivity contribution in [2.24, 2.45) is 5.41 Å². The fourth-order valence-corrected chi connectivity index (χ4v) is 1.40. The number of carbonyl (C=O) groups excluding carboxylic acids is 1. The second-order valence-electron chi connectivity index (χ2n) is 3.37. The normalized spacial score (nSPS) is 23.9. The summed E-state index contributed by atoms with van der Waals surface area (Å²) in [6.45, 7) is 0. The lowest BCUT2D eigenvalue weighted by atomic mass is 9.80. The number of hydrogen-bond donors (Lipinski definition) is 0. The zero-order valence-electron chi connectivity index (χ0n) is 8.82. The largest absolute Gasteiger partial charge is 0.497 e. The van der Waals surface area contributed by atoms with Gasteiger partial charge in [0.25, 0.3) is 0 Å². The Labute approximate surface area is 88.8 Å². The molecule has 0 saturated carbocycles. The van der Waals surface area contributed by atoms with Crippen molar-refractivity contribution < 1.29 is 14.3 Å². The molecule has 15 heavy (non-hydrogen) atoms. The smallest absolute Gasteiger partial charge is 0.307 e. The molecule has 4 nitrogen and oxygen atoms in total. The van der Waals surface area contributed by atoms with E-state index in [-0.39, 0.29) is 12.4 Å². The summed E-state index contributed by atoms with van der Waals surface area (Å²) in [6, 6.07) is 2.14. The van der Waals surface area contributed by atoms with Gasteiger partial charge in [-0.3, -0.25) is 4.79 Å². The van der Waals surface area contributed by atoms with Gasteiger partial charge in [-0.2, -0.15) is 5.26 Å². The highest BCUT2D eigenvalue weighted by atomic mass is 16.5. The average Bonchev–Trinajstić information content (AvgIpc) is 2.30. The van der Waals surface area contributed by atoms with E-state index in [9.17, 15) is 4.79 Å². The number of ether oxygens (including phenoxy) is 2. The van der Waals surface area contributed by atoms with Crippen LogP contribution in [0.5, 0.6) is 0 Å². The Morgan fingerprint density at radius 2 is 2.40 bits per heavy atom. The molecule has 4 heteroatoms. The lowest BCUT2D eigenvalue weighted by Crippen LogP contribution is -2.22. The van der Waals surface area contributed by atoms with Gasteiger partial charge in [0.05, 0.1) is 32.1 Å². The van der Waals surface area contributed by atoms with Crippen molar-refractivity contribution in [3.8, 4) is 6.07 Å². The van der Waals surface area contributed by atoms with E-state index in [1.807, 2.05) is 0 Å². The van der Waals surface area contributed by atoms with Crippen molar-refractivity contribution in [2.75, 3.05) is 14.2 Å². The van der Waals surface area contributed by atoms with Gasteiger partial charge in [0, 0.05) is 0 Å². The molecule has 0 saturated heterocycles. The summed E-state index contributed by atoms with van der Waals surface area (Å²) < 4.78 is 9.57. The van der Waals surface area contributed by atoms with Crippen LogP contribution in [0.3, 0.4) is 0 Å². The molecule has 1 aliphatic carbocycles. The maximum atomic E-state index is 11.1. The number of nitrogens with zero attached hydrogens (tertiary/aromatic N) is 1. The highest BCUT2D eigenvalue weighted by Gasteiger charge is 2.31. The first-order valence-corrected chi connectivity index (χ1v) is 4.57. The first-order valence-electron chi connectivity index (χ1n) is 4.57. The summed E-state index contributed by atoms with van der Waals surface area (Å²) in [5, 5.41) is 9.07. The van der Waals surface area contributed by atoms with E-state index in [2.05, 4.69) is 10.8 Å². The van der Waals surface area contributed by atoms with Crippen LogP contribution >= 0.6 is 0 Å². The summed E-state index contributed by atoms with van der Waals surface area (Å²) >= 11 is 0. The van der Waals surface area contributed by atoms with E-state index in [1.165, 1.54) is 7.11 Å². The fraction of sp³-hybridized carbons (Fsp3) is 0.455. The maximum absolute atomic E-state index is 11.1. The highest BCUT2D eigenvalue weighted by molar-refractivity contribution is 5.71. The summed E-state index contributed by atoms with van der Waals surface area (Å²) in [4.78, 5) is 11.1. The zero-order valence-corrected chi connectivity index (χ0v) is 8.82. The molecule has 0 aromatic carbocycles. The van der Waals surface area contributed by atoms with Crippen LogP contribution in [0, 0.1) is 16.7 Å². The average molecular weight is 207 g/mol. The van der Waals surface area contributed by atoms with Crippen molar-refractivity contribution in [1.29, 1.82) is 5.26 Å². The monoisotopic (exact) mass is 207 g/mol. The van der Waals surface area contributed by atoms with Gasteiger partial charge in [-0.1, -0.05) is 6.08 Å². The van der Waals surface area contributed by atoms with Gasteiger partial charge in [-0.05, 0) is 18.6 Å². The van der Waals surface area contributed by atoms with Crippen LogP contribution in [0.25, 0.3) is 0 Å². The predicted molar refractivity (Wildman–Crippen MR) is 53.5 cm³/mol. The topological polar surface area (TPSA) is 59.3 Å². The van der Waals surface area contributed by atoms with Crippen molar-refractivity contribution >= 4 is 5.97 Å². The summed E-state index contributed by atoms with van der Waals surface area (Å²) in [5.41, 5.74) is -0.783. The minimum atomic E-state index is -0.783. The van der Waals surface area contributed by atoms with Gasteiger partial charge in [-0.15, -0.1) is 0 Å². The molecule has 0 aromatic rings. The molecule has 1 rings (SSSR count). The molecule has 0 N–H and O–H groups in total. The Bertz CT molecular complexity index is 351. The van der Waals surface area contributed by atoms with Gasteiger partial charge in [0.2, 0.25) is 0 Å². The molecule has 0 aliphatic heterocycles. The third-order valence-corrected chi connectivity index (χ3v) is 2.38. The van der Waals surface area contributed by atoms with Gasteiger partial charge >= 0.3 is 5.97 Å². The van der Waals surface area contributed by atoms with E-state index >= 15 is 0 Å². The first kappa shape index (κ1) is 11.3. The molecule has 0 radical (unpaired) electrons. The van der Waals surface area contributed by atoms with Crippen molar-refractivity contribution in [3.05, 3.63) is 24.0 Å². The molecule has 1 atom stereocenters. The summed E-state index contributed by atoms with van der Waals surface area (Å²) in [5.74, 6) is 0.334. The van der Waals surface area contributed by atoms with E-state index in [0.717, 1.165) is 0 Å². The second kappa shape index (κ2) is 4.65. The van der Waals surface area contributed by atoms with Crippen LogP contribution in [-0.2, 0) is 14.3 Å². The van der Waals surface area contributed by atoms with E-state index in [0.29, 0.717) is 12.2 Å². The second-order valence-corrected chi connectivity index (χ2v) is 3.37. The van der Waals surface area contributed by atoms with Gasteiger partial charge < -0.3 is 9.47 Å². The summed E-state index contributed by atoms with van der Waals surface area (Å²) in [7, 11) is 2.88. The molecule has 0 spiro atoms. The Morgan fingerprint density at radius 3 is 2.80 bits per heavy atom. The molecular formula is C11H13NO3. The molecule has 0 fully saturated rings. The Balaban J connectivity index is 2.76. The van der Waals surface area contributed by atoms with Crippen molar-refractivity contribution in [1.82, 2.24) is 0 Å². The molecule has 0 heterocycles. The van der Waals surface area contributed by atoms with Crippen LogP contribution in [0.15, 0.2) is 24.0 Å². The summed E-state index contributed by atoms with van der Waals surface area (Å²) in [6.07, 6.45) is 5.74. The van der Waals surface area contributed by atoms with Crippen LogP contribution < -0.4 is 0 Å². The molecule has 0 aromatic heterocycles. The predicted octanol–water partition coefficient (Wildman–Crippen LogP) is 1.55. The molecular weight excluding hydrogens is 194 g/mol. The minimum absolute atomic E-state index is 0.0734. The van der Waals surface area contributed by atoms with E-state index in [1.54, 1.807) is 25.3 Å². The van der Waals surface area contributed by atoms with Gasteiger partial charge in [0.1, 0.15) is 5.76 Å². The van der Waals surface area contributed by atoms with Crippen LogP contribution in [0.1, 0.15) is 12.8 Å². The van der Waals surface area contributed by atoms with E-state index < -0.39 is 5.41 Å². The number of esters is 1. The third kappa shape index (κ3) is 2.59. The van der Waals surface area contributed by atoms with Gasteiger partial charge in [-0.25, -0.2) is 0 Å². The molecule has 80 valence electrons. The van der Waals surface area contributed by atoms with Crippen LogP contribution in [0.4, 0.5) is 0 Å². The quantitative estimate of drug-likeness (QED) is 0.659. The minimum Gasteiger partial charge on any atom is -0.497 e. The maximum Gasteiger partial charge on any atom is 0.307 e. The Morgan fingerprint density at radius 1 is 1.67 bits per heavy atom. The van der Waals surface area contributed by atoms with Crippen molar-refractivity contribution in [2.45, 2.75) is 12.8 Å². The van der Waals surface area contributed by atoms with Crippen LogP contribution in [0.2, 0.25) is 0 Å². The molecule has 1 aliphatic rings. The Kier molecular flexibility index (Phi) is 3.51. The number of rotatable bonds is 3. The Hall–Kier alpha value is -1.76. The fourth-order valence-electron chi connectivity index (χ4n) is 1.40. The number of hydrogen-bond acceptors (Lipinski definition) is 4. The molecule has 1 unspecified atom stereocenters. The number of nitriles is 1. The lowest BCUT2D eigenvalue weighted by molar-refractivity contribution is -0.142. The van der Waals surface area contributed by atoms with Gasteiger partial charge in [0.15, 0.2) is 0 Å². The van der Waals surface area contributed by atoms with Crippen LogP contribution in [-0.4, -0.2) is 20.2 Å². The lowest BCUT2D eigenvalue weighted by Gasteiger charge is -2.23. The number of methoxy groups -OCH3 is 2. The first-order chi connectivity index (χ1) is 7.15. The van der Waals surface area contributed by atoms with E-state index in [4.69, 9.17) is 10.00 Å². The van der Waals surface area contributed by atoms with Crippen molar-refractivity contribution in [3.63, 3.8) is 0 Å². The molecule has 0 amide bonds. The third-order valence-electron chi connectivity index (χ3n) is 2.38.